The summed E-state index contributed by atoms with van der Waals surface area (Å²) in [6.07, 6.45) is 6.41. The Morgan fingerprint density at radius 2 is 2.06 bits per heavy atom. The Bertz CT molecular complexity index is 429. The van der Waals surface area contributed by atoms with Crippen LogP contribution in [0.3, 0.4) is 0 Å². The molecule has 2 rings (SSSR count). The second-order valence-electron chi connectivity index (χ2n) is 6.04. The van der Waals surface area contributed by atoms with E-state index in [-0.39, 0.29) is 5.91 Å². The van der Waals surface area contributed by atoms with Crippen LogP contribution in [-0.2, 0) is 0 Å². The van der Waals surface area contributed by atoms with Gasteiger partial charge in [-0.05, 0) is 53.1 Å². The summed E-state index contributed by atoms with van der Waals surface area (Å²) in [6, 6.07) is 2.22. The monoisotopic (exact) mass is 312 g/mol. The first-order chi connectivity index (χ1) is 8.39. The van der Waals surface area contributed by atoms with Gasteiger partial charge in [0, 0.05) is 23.8 Å². The number of aromatic nitrogens is 1. The van der Waals surface area contributed by atoms with Gasteiger partial charge >= 0.3 is 0 Å². The zero-order valence-electron chi connectivity index (χ0n) is 11.3. The highest BCUT2D eigenvalue weighted by atomic mass is 79.9. The fraction of sp³-hybridized carbons (Fsp3) is 0.643. The Labute approximate surface area is 117 Å². The van der Waals surface area contributed by atoms with Gasteiger partial charge < -0.3 is 9.88 Å². The van der Waals surface area contributed by atoms with Crippen LogP contribution in [0, 0.1) is 5.41 Å². The van der Waals surface area contributed by atoms with Crippen LogP contribution < -0.4 is 0 Å². The van der Waals surface area contributed by atoms with Crippen LogP contribution in [0.4, 0.5) is 0 Å². The normalized spacial score (nSPS) is 19.8. The summed E-state index contributed by atoms with van der Waals surface area (Å²) in [5.41, 5.74) is 1.10. The number of amides is 1. The Hall–Kier alpha value is -0.770. The minimum atomic E-state index is 0.0883. The molecule has 4 heteroatoms. The van der Waals surface area contributed by atoms with E-state index >= 15 is 0 Å². The lowest BCUT2D eigenvalue weighted by atomic mass is 9.75. The van der Waals surface area contributed by atoms with Crippen molar-refractivity contribution < 1.29 is 4.79 Å². The molecule has 1 amide bonds. The number of nitrogens with one attached hydrogen (secondary N) is 1. The topological polar surface area (TPSA) is 36.1 Å². The maximum absolute atomic E-state index is 12.3. The van der Waals surface area contributed by atoms with Crippen molar-refractivity contribution in [1.82, 2.24) is 9.88 Å². The molecule has 1 N–H and O–H groups in total. The third kappa shape index (κ3) is 2.97. The zero-order chi connectivity index (χ0) is 13.3. The van der Waals surface area contributed by atoms with Crippen molar-refractivity contribution >= 4 is 21.8 Å². The molecule has 0 unspecified atom stereocenters. The average molecular weight is 313 g/mol. The molecule has 1 aromatic heterocycles. The largest absolute Gasteiger partial charge is 0.356 e. The van der Waals surface area contributed by atoms with E-state index in [9.17, 15) is 4.79 Å². The summed E-state index contributed by atoms with van der Waals surface area (Å²) in [4.78, 5) is 17.2. The fourth-order valence-electron chi connectivity index (χ4n) is 2.62. The molecule has 1 heterocycles. The third-order valence-corrected chi connectivity index (χ3v) is 4.51. The number of hydrogen-bond donors (Lipinski definition) is 1. The second-order valence-corrected chi connectivity index (χ2v) is 6.96. The van der Waals surface area contributed by atoms with Gasteiger partial charge in [-0.1, -0.05) is 13.8 Å². The summed E-state index contributed by atoms with van der Waals surface area (Å²) in [7, 11) is 1.92. The third-order valence-electron chi connectivity index (χ3n) is 4.05. The molecule has 0 aliphatic heterocycles. The fourth-order valence-corrected chi connectivity index (χ4v) is 2.96. The first-order valence-corrected chi connectivity index (χ1v) is 7.29. The van der Waals surface area contributed by atoms with Gasteiger partial charge in [0.1, 0.15) is 5.69 Å². The lowest BCUT2D eigenvalue weighted by Crippen LogP contribution is -2.41. The maximum atomic E-state index is 12.3. The van der Waals surface area contributed by atoms with Crippen LogP contribution in [0.5, 0.6) is 0 Å². The lowest BCUT2D eigenvalue weighted by Gasteiger charge is -2.38. The summed E-state index contributed by atoms with van der Waals surface area (Å²) >= 11 is 3.36. The highest BCUT2D eigenvalue weighted by Crippen LogP contribution is 2.36. The molecule has 1 fully saturated rings. The standard InChI is InChI=1S/C14H21BrN2O/c1-14(2)6-4-11(5-7-14)17(3)13(18)12-8-10(15)9-16-12/h8-9,11,16H,4-7H2,1-3H3. The van der Waals surface area contributed by atoms with E-state index in [2.05, 4.69) is 34.8 Å². The van der Waals surface area contributed by atoms with Crippen LogP contribution >= 0.6 is 15.9 Å². The lowest BCUT2D eigenvalue weighted by molar-refractivity contribution is 0.0630. The van der Waals surface area contributed by atoms with E-state index in [0.717, 1.165) is 17.3 Å². The molecule has 0 aromatic carbocycles. The molecule has 0 saturated heterocycles. The van der Waals surface area contributed by atoms with E-state index in [1.807, 2.05) is 18.0 Å². The smallest absolute Gasteiger partial charge is 0.270 e. The molecule has 0 atom stereocenters. The number of halogens is 1. The highest BCUT2D eigenvalue weighted by Gasteiger charge is 2.31. The number of hydrogen-bond acceptors (Lipinski definition) is 1. The van der Waals surface area contributed by atoms with Crippen LogP contribution in [0.2, 0.25) is 0 Å². The second kappa shape index (κ2) is 5.08. The SMILES string of the molecule is CN(C(=O)c1cc(Br)c[nH]1)C1CCC(C)(C)CC1. The maximum Gasteiger partial charge on any atom is 0.270 e. The molecule has 0 radical (unpaired) electrons. The number of carbonyl (C=O) groups is 1. The Kier molecular flexibility index (Phi) is 3.85. The van der Waals surface area contributed by atoms with E-state index in [1.54, 1.807) is 6.20 Å². The van der Waals surface area contributed by atoms with Gasteiger partial charge in [-0.2, -0.15) is 0 Å². The summed E-state index contributed by atoms with van der Waals surface area (Å²) in [5, 5.41) is 0. The minimum absolute atomic E-state index is 0.0883. The predicted octanol–water partition coefficient (Wildman–Crippen LogP) is 3.82. The van der Waals surface area contributed by atoms with Crippen molar-refractivity contribution in [3.05, 3.63) is 22.4 Å². The number of aromatic amines is 1. The van der Waals surface area contributed by atoms with Gasteiger partial charge in [-0.25, -0.2) is 0 Å². The van der Waals surface area contributed by atoms with Crippen molar-refractivity contribution in [1.29, 1.82) is 0 Å². The van der Waals surface area contributed by atoms with Crippen molar-refractivity contribution in [2.45, 2.75) is 45.6 Å². The molecule has 0 spiro atoms. The molecule has 100 valence electrons. The Morgan fingerprint density at radius 1 is 1.44 bits per heavy atom. The number of carbonyl (C=O) groups excluding carboxylic acids is 1. The molecule has 1 aliphatic carbocycles. The number of rotatable bonds is 2. The quantitative estimate of drug-likeness (QED) is 0.885. The molecule has 3 nitrogen and oxygen atoms in total. The van der Waals surface area contributed by atoms with Crippen LogP contribution in [0.25, 0.3) is 0 Å². The van der Waals surface area contributed by atoms with E-state index < -0.39 is 0 Å². The van der Waals surface area contributed by atoms with Gasteiger partial charge in [0.15, 0.2) is 0 Å². The van der Waals surface area contributed by atoms with Crippen molar-refractivity contribution in [3.63, 3.8) is 0 Å². The zero-order valence-corrected chi connectivity index (χ0v) is 12.9. The molecule has 1 aliphatic rings. The number of H-pyrrole nitrogens is 1. The van der Waals surface area contributed by atoms with Crippen LogP contribution in [0.15, 0.2) is 16.7 Å². The van der Waals surface area contributed by atoms with E-state index in [4.69, 9.17) is 0 Å². The van der Waals surface area contributed by atoms with E-state index in [1.165, 1.54) is 12.8 Å². The van der Waals surface area contributed by atoms with Crippen molar-refractivity contribution in [3.8, 4) is 0 Å². The van der Waals surface area contributed by atoms with Crippen LogP contribution in [0.1, 0.15) is 50.0 Å². The van der Waals surface area contributed by atoms with Gasteiger partial charge in [-0.15, -0.1) is 0 Å². The summed E-state index contributed by atoms with van der Waals surface area (Å²) < 4.78 is 0.920. The minimum Gasteiger partial charge on any atom is -0.356 e. The van der Waals surface area contributed by atoms with Crippen molar-refractivity contribution in [2.75, 3.05) is 7.05 Å². The van der Waals surface area contributed by atoms with Gasteiger partial charge in [0.2, 0.25) is 0 Å². The Morgan fingerprint density at radius 3 is 2.56 bits per heavy atom. The van der Waals surface area contributed by atoms with Crippen LogP contribution in [-0.4, -0.2) is 28.9 Å². The molecule has 18 heavy (non-hydrogen) atoms. The first kappa shape index (κ1) is 13.7. The summed E-state index contributed by atoms with van der Waals surface area (Å²) in [5.74, 6) is 0.0883. The summed E-state index contributed by atoms with van der Waals surface area (Å²) in [6.45, 7) is 4.63. The number of nitrogens with zero attached hydrogens (tertiary/aromatic N) is 1. The molecule has 1 aromatic rings. The molecule has 1 saturated carbocycles. The molecule has 0 bridgehead atoms. The average Bonchev–Trinajstić information content (AvgIpc) is 2.74. The van der Waals surface area contributed by atoms with Gasteiger partial charge in [0.25, 0.3) is 5.91 Å². The van der Waals surface area contributed by atoms with Gasteiger partial charge in [-0.3, -0.25) is 4.79 Å². The first-order valence-electron chi connectivity index (χ1n) is 6.50. The predicted molar refractivity (Wildman–Crippen MR) is 76.6 cm³/mol. The molecular weight excluding hydrogens is 292 g/mol. The van der Waals surface area contributed by atoms with Gasteiger partial charge in [0.05, 0.1) is 0 Å². The van der Waals surface area contributed by atoms with Crippen molar-refractivity contribution in [2.24, 2.45) is 5.41 Å². The Balaban J connectivity index is 2.00. The van der Waals surface area contributed by atoms with E-state index in [0.29, 0.717) is 17.2 Å². The molecular formula is C14H21BrN2O. The highest BCUT2D eigenvalue weighted by molar-refractivity contribution is 9.10.